The second kappa shape index (κ2) is 8.15. The Morgan fingerprint density at radius 3 is 1.84 bits per heavy atom. The largest absolute Gasteiger partial charge is 0.465 e. The molecular weight excluding hydrogens is 310 g/mol. The van der Waals surface area contributed by atoms with Crippen LogP contribution in [0.1, 0.15) is 21.5 Å². The van der Waals surface area contributed by atoms with Gasteiger partial charge in [0, 0.05) is 11.4 Å². The van der Waals surface area contributed by atoms with Crippen molar-refractivity contribution in [1.82, 2.24) is 0 Å². The molecule has 3 aromatic rings. The summed E-state index contributed by atoms with van der Waals surface area (Å²) in [7, 11) is 1.40. The first-order chi connectivity index (χ1) is 12.2. The molecule has 3 nitrogen and oxygen atoms in total. The van der Waals surface area contributed by atoms with Gasteiger partial charge in [0.15, 0.2) is 0 Å². The zero-order chi connectivity index (χ0) is 17.5. The Bertz CT molecular complexity index is 809. The molecule has 0 spiro atoms. The van der Waals surface area contributed by atoms with Gasteiger partial charge in [-0.2, -0.15) is 0 Å². The van der Waals surface area contributed by atoms with Crippen molar-refractivity contribution < 1.29 is 9.53 Å². The Morgan fingerprint density at radius 2 is 1.28 bits per heavy atom. The zero-order valence-corrected chi connectivity index (χ0v) is 14.2. The van der Waals surface area contributed by atoms with E-state index in [9.17, 15) is 4.79 Å². The molecule has 126 valence electrons. The predicted octanol–water partition coefficient (Wildman–Crippen LogP) is 5.00. The number of esters is 1. The van der Waals surface area contributed by atoms with E-state index in [2.05, 4.69) is 29.6 Å². The number of hydrogen-bond acceptors (Lipinski definition) is 3. The summed E-state index contributed by atoms with van der Waals surface area (Å²) in [6.07, 6.45) is 1.90. The number of carbonyl (C=O) groups is 1. The highest BCUT2D eigenvalue weighted by Crippen LogP contribution is 2.17. The summed E-state index contributed by atoms with van der Waals surface area (Å²) in [5.41, 5.74) is 5.25. The summed E-state index contributed by atoms with van der Waals surface area (Å²) >= 11 is 0. The van der Waals surface area contributed by atoms with Crippen LogP contribution in [0.15, 0.2) is 78.9 Å². The highest BCUT2D eigenvalue weighted by molar-refractivity contribution is 5.89. The van der Waals surface area contributed by atoms with Crippen molar-refractivity contribution >= 4 is 17.3 Å². The molecule has 0 heterocycles. The number of ether oxygens (including phenoxy) is 1. The lowest BCUT2D eigenvalue weighted by Gasteiger charge is -2.08. The lowest BCUT2D eigenvalue weighted by atomic mass is 10.0. The van der Waals surface area contributed by atoms with Gasteiger partial charge in [0.05, 0.1) is 12.7 Å². The van der Waals surface area contributed by atoms with E-state index in [1.54, 1.807) is 0 Å². The average molecular weight is 331 g/mol. The molecule has 0 aliphatic heterocycles. The molecule has 3 aromatic carbocycles. The fraction of sp³-hybridized carbons (Fsp3) is 0.136. The van der Waals surface area contributed by atoms with Gasteiger partial charge in [-0.3, -0.25) is 0 Å². The summed E-state index contributed by atoms with van der Waals surface area (Å²) in [6, 6.07) is 26.2. The number of nitrogens with one attached hydrogen (secondary N) is 1. The van der Waals surface area contributed by atoms with Crippen molar-refractivity contribution in [3.8, 4) is 0 Å². The Kier molecular flexibility index (Phi) is 5.47. The molecule has 0 aliphatic carbocycles. The average Bonchev–Trinajstić information content (AvgIpc) is 2.68. The van der Waals surface area contributed by atoms with Crippen LogP contribution in [0.4, 0.5) is 11.4 Å². The van der Waals surface area contributed by atoms with E-state index in [0.29, 0.717) is 5.56 Å². The van der Waals surface area contributed by atoms with Crippen molar-refractivity contribution in [3.63, 3.8) is 0 Å². The van der Waals surface area contributed by atoms with Crippen molar-refractivity contribution in [3.05, 3.63) is 95.6 Å². The van der Waals surface area contributed by atoms with E-state index >= 15 is 0 Å². The van der Waals surface area contributed by atoms with Crippen LogP contribution in [-0.4, -0.2) is 13.1 Å². The van der Waals surface area contributed by atoms with Gasteiger partial charge < -0.3 is 10.1 Å². The van der Waals surface area contributed by atoms with Crippen LogP contribution in [0.5, 0.6) is 0 Å². The molecule has 0 amide bonds. The third-order valence-electron chi connectivity index (χ3n) is 4.09. The molecule has 0 atom stereocenters. The van der Waals surface area contributed by atoms with Gasteiger partial charge in [-0.1, -0.05) is 42.5 Å². The van der Waals surface area contributed by atoms with Gasteiger partial charge in [0.1, 0.15) is 0 Å². The molecule has 1 N–H and O–H groups in total. The van der Waals surface area contributed by atoms with Crippen LogP contribution in [0.3, 0.4) is 0 Å². The molecule has 0 aromatic heterocycles. The van der Waals surface area contributed by atoms with Crippen molar-refractivity contribution in [2.75, 3.05) is 12.4 Å². The Morgan fingerprint density at radius 1 is 0.760 bits per heavy atom. The van der Waals surface area contributed by atoms with E-state index < -0.39 is 0 Å². The highest BCUT2D eigenvalue weighted by atomic mass is 16.5. The second-order valence-corrected chi connectivity index (χ2v) is 5.88. The number of carbonyl (C=O) groups excluding carboxylic acids is 1. The Balaban J connectivity index is 1.56. The number of benzene rings is 3. The van der Waals surface area contributed by atoms with Crippen LogP contribution in [-0.2, 0) is 17.6 Å². The number of methoxy groups -OCH3 is 1. The smallest absolute Gasteiger partial charge is 0.337 e. The molecule has 0 bridgehead atoms. The Hall–Kier alpha value is -3.07. The number of aryl methyl sites for hydroxylation is 2. The van der Waals surface area contributed by atoms with E-state index in [1.807, 2.05) is 54.6 Å². The van der Waals surface area contributed by atoms with Crippen LogP contribution < -0.4 is 5.32 Å². The molecule has 0 saturated heterocycles. The third kappa shape index (κ3) is 4.70. The quantitative estimate of drug-likeness (QED) is 0.646. The third-order valence-corrected chi connectivity index (χ3v) is 4.09. The molecule has 3 rings (SSSR count). The maximum absolute atomic E-state index is 11.4. The first kappa shape index (κ1) is 16.8. The van der Waals surface area contributed by atoms with Gasteiger partial charge >= 0.3 is 5.97 Å². The second-order valence-electron chi connectivity index (χ2n) is 5.88. The maximum atomic E-state index is 11.4. The van der Waals surface area contributed by atoms with Gasteiger partial charge in [-0.05, 0) is 60.4 Å². The topological polar surface area (TPSA) is 38.3 Å². The summed E-state index contributed by atoms with van der Waals surface area (Å²) < 4.78 is 4.71. The first-order valence-electron chi connectivity index (χ1n) is 8.33. The first-order valence-corrected chi connectivity index (χ1v) is 8.33. The van der Waals surface area contributed by atoms with Crippen LogP contribution in [0.25, 0.3) is 0 Å². The summed E-state index contributed by atoms with van der Waals surface area (Å²) in [4.78, 5) is 11.4. The number of hydrogen-bond donors (Lipinski definition) is 1. The van der Waals surface area contributed by atoms with Gasteiger partial charge in [-0.15, -0.1) is 0 Å². The molecule has 25 heavy (non-hydrogen) atoms. The maximum Gasteiger partial charge on any atom is 0.337 e. The van der Waals surface area contributed by atoms with E-state index in [1.165, 1.54) is 18.2 Å². The van der Waals surface area contributed by atoms with E-state index in [-0.39, 0.29) is 5.97 Å². The fourth-order valence-electron chi connectivity index (χ4n) is 2.66. The fourth-order valence-corrected chi connectivity index (χ4v) is 2.66. The van der Waals surface area contributed by atoms with Gasteiger partial charge in [0.25, 0.3) is 0 Å². The SMILES string of the molecule is COC(=O)c1ccc(CCc2ccc(Nc3ccccc3)cc2)cc1. The van der Waals surface area contributed by atoms with Crippen LogP contribution >= 0.6 is 0 Å². The molecular formula is C22H21NO2. The molecule has 3 heteroatoms. The normalized spacial score (nSPS) is 10.3. The van der Waals surface area contributed by atoms with Crippen LogP contribution in [0.2, 0.25) is 0 Å². The minimum absolute atomic E-state index is 0.298. The predicted molar refractivity (Wildman–Crippen MR) is 101 cm³/mol. The molecule has 0 aliphatic rings. The van der Waals surface area contributed by atoms with E-state index in [0.717, 1.165) is 24.2 Å². The number of anilines is 2. The van der Waals surface area contributed by atoms with Gasteiger partial charge in [0.2, 0.25) is 0 Å². The standard InChI is InChI=1S/C22H21NO2/c1-25-22(24)19-13-9-17(10-14-19)7-8-18-11-15-21(16-12-18)23-20-5-3-2-4-6-20/h2-6,9-16,23H,7-8H2,1H3. The van der Waals surface area contributed by atoms with Gasteiger partial charge in [-0.25, -0.2) is 4.79 Å². The number of rotatable bonds is 6. The van der Waals surface area contributed by atoms with E-state index in [4.69, 9.17) is 4.74 Å². The van der Waals surface area contributed by atoms with Crippen molar-refractivity contribution in [2.24, 2.45) is 0 Å². The minimum atomic E-state index is -0.298. The Labute approximate surface area is 148 Å². The highest BCUT2D eigenvalue weighted by Gasteiger charge is 2.04. The van der Waals surface area contributed by atoms with Crippen LogP contribution in [0, 0.1) is 0 Å². The summed E-state index contributed by atoms with van der Waals surface area (Å²) in [6.45, 7) is 0. The molecule has 0 saturated carbocycles. The lowest BCUT2D eigenvalue weighted by molar-refractivity contribution is 0.0600. The zero-order valence-electron chi connectivity index (χ0n) is 14.2. The monoisotopic (exact) mass is 331 g/mol. The summed E-state index contributed by atoms with van der Waals surface area (Å²) in [5.74, 6) is -0.298. The molecule has 0 unspecified atom stereocenters. The lowest BCUT2D eigenvalue weighted by Crippen LogP contribution is -2.01. The van der Waals surface area contributed by atoms with Crippen molar-refractivity contribution in [1.29, 1.82) is 0 Å². The molecule has 0 fully saturated rings. The number of para-hydroxylation sites is 1. The molecule has 0 radical (unpaired) electrons. The summed E-state index contributed by atoms with van der Waals surface area (Å²) in [5, 5.41) is 3.38. The minimum Gasteiger partial charge on any atom is -0.465 e. The van der Waals surface area contributed by atoms with Crippen molar-refractivity contribution in [2.45, 2.75) is 12.8 Å².